The molecule has 0 aromatic heterocycles. The minimum atomic E-state index is 0.0343. The van der Waals surface area contributed by atoms with E-state index in [1.165, 1.54) is 6.42 Å². The van der Waals surface area contributed by atoms with Gasteiger partial charge in [0.25, 0.3) is 0 Å². The molecule has 2 unspecified atom stereocenters. The molecule has 2 atom stereocenters. The smallest absolute Gasteiger partial charge is 0.136 e. The first-order valence-corrected chi connectivity index (χ1v) is 5.16. The van der Waals surface area contributed by atoms with Gasteiger partial charge in [-0.15, -0.1) is 0 Å². The lowest BCUT2D eigenvalue weighted by molar-refractivity contribution is -0.123. The lowest BCUT2D eigenvalue weighted by atomic mass is 9.90. The van der Waals surface area contributed by atoms with Gasteiger partial charge in [-0.05, 0) is 26.2 Å². The average Bonchev–Trinajstić information content (AvgIpc) is 2.32. The lowest BCUT2D eigenvalue weighted by Gasteiger charge is -2.13. The molecule has 0 aliphatic heterocycles. The van der Waals surface area contributed by atoms with Crippen molar-refractivity contribution in [3.8, 4) is 6.07 Å². The van der Waals surface area contributed by atoms with Crippen molar-refractivity contribution in [2.75, 3.05) is 0 Å². The van der Waals surface area contributed by atoms with Crippen LogP contribution in [0.15, 0.2) is 0 Å². The van der Waals surface area contributed by atoms with Gasteiger partial charge < -0.3 is 0 Å². The van der Waals surface area contributed by atoms with Gasteiger partial charge in [0.15, 0.2) is 0 Å². The normalized spacial score (nSPS) is 26.2. The highest BCUT2D eigenvalue weighted by molar-refractivity contribution is 5.81. The Morgan fingerprint density at radius 2 is 2.31 bits per heavy atom. The summed E-state index contributed by atoms with van der Waals surface area (Å²) in [5.74, 6) is 0.601. The zero-order chi connectivity index (χ0) is 9.68. The number of carbonyl (C=O) groups is 1. The minimum Gasteiger partial charge on any atom is -0.299 e. The Morgan fingerprint density at radius 3 is 3.00 bits per heavy atom. The fourth-order valence-corrected chi connectivity index (χ4v) is 1.96. The van der Waals surface area contributed by atoms with Crippen LogP contribution in [0.3, 0.4) is 0 Å². The van der Waals surface area contributed by atoms with Gasteiger partial charge in [0.1, 0.15) is 5.78 Å². The fraction of sp³-hybridized carbons (Fsp3) is 0.818. The van der Waals surface area contributed by atoms with E-state index in [0.717, 1.165) is 32.1 Å². The number of carbonyl (C=O) groups excluding carboxylic acids is 1. The van der Waals surface area contributed by atoms with Crippen molar-refractivity contribution in [3.63, 3.8) is 0 Å². The number of rotatable bonds is 2. The first-order valence-electron chi connectivity index (χ1n) is 5.16. The number of hydrogen-bond acceptors (Lipinski definition) is 2. The van der Waals surface area contributed by atoms with E-state index in [0.29, 0.717) is 5.78 Å². The first kappa shape index (κ1) is 10.2. The van der Waals surface area contributed by atoms with Crippen LogP contribution in [0.5, 0.6) is 0 Å². The molecule has 0 saturated heterocycles. The minimum absolute atomic E-state index is 0.0343. The Kier molecular flexibility index (Phi) is 3.95. The summed E-state index contributed by atoms with van der Waals surface area (Å²) in [5, 5.41) is 8.66. The molecule has 1 aliphatic rings. The Morgan fingerprint density at radius 1 is 1.54 bits per heavy atom. The summed E-state index contributed by atoms with van der Waals surface area (Å²) >= 11 is 0. The van der Waals surface area contributed by atoms with Crippen LogP contribution in [-0.2, 0) is 4.79 Å². The Labute approximate surface area is 79.9 Å². The molecule has 0 aromatic carbocycles. The summed E-state index contributed by atoms with van der Waals surface area (Å²) in [4.78, 5) is 11.6. The first-order chi connectivity index (χ1) is 6.24. The molecule has 2 nitrogen and oxygen atoms in total. The van der Waals surface area contributed by atoms with Crippen molar-refractivity contribution in [3.05, 3.63) is 0 Å². The Hall–Kier alpha value is -0.840. The maximum atomic E-state index is 11.6. The van der Waals surface area contributed by atoms with Gasteiger partial charge in [-0.3, -0.25) is 4.79 Å². The van der Waals surface area contributed by atoms with Crippen molar-refractivity contribution < 1.29 is 4.79 Å². The summed E-state index contributed by atoms with van der Waals surface area (Å²) in [6.07, 6.45) is 5.91. The van der Waals surface area contributed by atoms with Crippen molar-refractivity contribution in [1.29, 1.82) is 5.26 Å². The highest BCUT2D eigenvalue weighted by atomic mass is 16.1. The Balaban J connectivity index is 2.46. The van der Waals surface area contributed by atoms with E-state index in [9.17, 15) is 4.79 Å². The number of hydrogen-bond donors (Lipinski definition) is 0. The van der Waals surface area contributed by atoms with Gasteiger partial charge >= 0.3 is 0 Å². The zero-order valence-corrected chi connectivity index (χ0v) is 8.25. The summed E-state index contributed by atoms with van der Waals surface area (Å²) in [6.45, 7) is 1.90. The highest BCUT2D eigenvalue weighted by Gasteiger charge is 2.22. The second-order valence-electron chi connectivity index (χ2n) is 4.03. The topological polar surface area (TPSA) is 40.9 Å². The second-order valence-corrected chi connectivity index (χ2v) is 4.03. The molecule has 1 aliphatic carbocycles. The van der Waals surface area contributed by atoms with E-state index in [1.807, 2.05) is 6.92 Å². The van der Waals surface area contributed by atoms with E-state index >= 15 is 0 Å². The van der Waals surface area contributed by atoms with Crippen LogP contribution in [0.25, 0.3) is 0 Å². The van der Waals surface area contributed by atoms with Crippen molar-refractivity contribution in [2.24, 2.45) is 11.8 Å². The molecule has 72 valence electrons. The predicted octanol–water partition coefficient (Wildman–Crippen LogP) is 2.69. The largest absolute Gasteiger partial charge is 0.299 e. The number of ketones is 1. The monoisotopic (exact) mass is 179 g/mol. The standard InChI is InChI=1S/C11H17NO/c1-9(8-12)7-10-5-3-2-4-6-11(10)13/h9-10H,2-7H2,1H3. The van der Waals surface area contributed by atoms with E-state index in [-0.39, 0.29) is 11.8 Å². The summed E-state index contributed by atoms with van der Waals surface area (Å²) in [5.41, 5.74) is 0. The van der Waals surface area contributed by atoms with Crippen LogP contribution in [0, 0.1) is 23.2 Å². The molecular formula is C11H17NO. The fourth-order valence-electron chi connectivity index (χ4n) is 1.96. The maximum Gasteiger partial charge on any atom is 0.136 e. The maximum absolute atomic E-state index is 11.6. The molecule has 0 bridgehead atoms. The Bertz CT molecular complexity index is 217. The van der Waals surface area contributed by atoms with Crippen LogP contribution in [0.2, 0.25) is 0 Å². The van der Waals surface area contributed by atoms with E-state index in [1.54, 1.807) is 0 Å². The highest BCUT2D eigenvalue weighted by Crippen LogP contribution is 2.25. The third-order valence-electron chi connectivity index (χ3n) is 2.79. The molecule has 0 radical (unpaired) electrons. The second kappa shape index (κ2) is 5.01. The molecular weight excluding hydrogens is 162 g/mol. The molecule has 0 amide bonds. The molecule has 13 heavy (non-hydrogen) atoms. The lowest BCUT2D eigenvalue weighted by Crippen LogP contribution is -2.15. The molecule has 1 saturated carbocycles. The van der Waals surface area contributed by atoms with Gasteiger partial charge in [0.05, 0.1) is 6.07 Å². The van der Waals surface area contributed by atoms with Crippen molar-refractivity contribution >= 4 is 5.78 Å². The van der Waals surface area contributed by atoms with Crippen LogP contribution in [0.4, 0.5) is 0 Å². The van der Waals surface area contributed by atoms with Crippen LogP contribution in [-0.4, -0.2) is 5.78 Å². The van der Waals surface area contributed by atoms with E-state index in [4.69, 9.17) is 5.26 Å². The third-order valence-corrected chi connectivity index (χ3v) is 2.79. The molecule has 1 rings (SSSR count). The summed E-state index contributed by atoms with van der Waals surface area (Å²) < 4.78 is 0. The van der Waals surface area contributed by atoms with E-state index in [2.05, 4.69) is 6.07 Å². The zero-order valence-electron chi connectivity index (χ0n) is 8.25. The number of nitriles is 1. The molecule has 0 aromatic rings. The molecule has 0 N–H and O–H groups in total. The predicted molar refractivity (Wildman–Crippen MR) is 51.0 cm³/mol. The molecule has 1 fully saturated rings. The molecule has 0 spiro atoms. The van der Waals surface area contributed by atoms with Gasteiger partial charge in [-0.1, -0.05) is 12.8 Å². The SMILES string of the molecule is CC(C#N)CC1CCCCCC1=O. The van der Waals surface area contributed by atoms with Crippen LogP contribution >= 0.6 is 0 Å². The molecule has 0 heterocycles. The van der Waals surface area contributed by atoms with Crippen LogP contribution in [0.1, 0.15) is 45.4 Å². The molecule has 2 heteroatoms. The quantitative estimate of drug-likeness (QED) is 0.611. The van der Waals surface area contributed by atoms with Crippen molar-refractivity contribution in [2.45, 2.75) is 45.4 Å². The van der Waals surface area contributed by atoms with Gasteiger partial charge in [-0.2, -0.15) is 5.26 Å². The van der Waals surface area contributed by atoms with Gasteiger partial charge in [0, 0.05) is 18.3 Å². The number of Topliss-reactive ketones (excluding diaryl/α,β-unsaturated/α-hetero) is 1. The van der Waals surface area contributed by atoms with E-state index < -0.39 is 0 Å². The van der Waals surface area contributed by atoms with Gasteiger partial charge in [0.2, 0.25) is 0 Å². The summed E-state index contributed by atoms with van der Waals surface area (Å²) in [7, 11) is 0. The average molecular weight is 179 g/mol. The summed E-state index contributed by atoms with van der Waals surface area (Å²) in [6, 6.07) is 2.20. The number of nitrogens with zero attached hydrogens (tertiary/aromatic N) is 1. The third kappa shape index (κ3) is 3.18. The van der Waals surface area contributed by atoms with Gasteiger partial charge in [-0.25, -0.2) is 0 Å². The van der Waals surface area contributed by atoms with Crippen molar-refractivity contribution in [1.82, 2.24) is 0 Å². The van der Waals surface area contributed by atoms with Crippen LogP contribution < -0.4 is 0 Å².